The maximum Gasteiger partial charge on any atom is 0.244 e. The van der Waals surface area contributed by atoms with Crippen LogP contribution in [0.5, 0.6) is 0 Å². The first kappa shape index (κ1) is 9.59. The highest BCUT2D eigenvalue weighted by atomic mass is 16.2. The smallest absolute Gasteiger partial charge is 0.244 e. The average Bonchev–Trinajstić information content (AvgIpc) is 2.52. The molecular formula is C9H13N3O. The van der Waals surface area contributed by atoms with Gasteiger partial charge in [-0.25, -0.2) is 0 Å². The topological polar surface area (TPSA) is 56.1 Å². The molecule has 0 bridgehead atoms. The molecule has 1 fully saturated rings. The van der Waals surface area contributed by atoms with Crippen molar-refractivity contribution in [3.63, 3.8) is 0 Å². The Bertz CT molecular complexity index is 275. The van der Waals surface area contributed by atoms with Crippen LogP contribution in [0.15, 0.2) is 11.8 Å². The van der Waals surface area contributed by atoms with Crippen LogP contribution in [0, 0.1) is 11.3 Å². The second-order valence-corrected chi connectivity index (χ2v) is 3.27. The molecule has 1 saturated heterocycles. The Morgan fingerprint density at radius 2 is 2.46 bits per heavy atom. The Morgan fingerprint density at radius 1 is 1.77 bits per heavy atom. The summed E-state index contributed by atoms with van der Waals surface area (Å²) in [6.07, 6.45) is 3.03. The van der Waals surface area contributed by atoms with Crippen molar-refractivity contribution in [3.05, 3.63) is 11.8 Å². The van der Waals surface area contributed by atoms with E-state index in [1.54, 1.807) is 19.0 Å². The molecule has 0 spiro atoms. The first-order valence-electron chi connectivity index (χ1n) is 4.21. The molecule has 1 aliphatic rings. The molecule has 70 valence electrons. The van der Waals surface area contributed by atoms with Crippen LogP contribution in [-0.4, -0.2) is 30.9 Å². The van der Waals surface area contributed by atoms with Gasteiger partial charge in [0.2, 0.25) is 5.91 Å². The second-order valence-electron chi connectivity index (χ2n) is 3.27. The van der Waals surface area contributed by atoms with E-state index in [2.05, 4.69) is 5.32 Å². The summed E-state index contributed by atoms with van der Waals surface area (Å²) in [6, 6.07) is 1.81. The number of carbonyl (C=O) groups excluding carboxylic acids is 1. The number of rotatable bonds is 1. The highest BCUT2D eigenvalue weighted by Gasteiger charge is 2.25. The van der Waals surface area contributed by atoms with Gasteiger partial charge in [0.05, 0.1) is 6.07 Å². The van der Waals surface area contributed by atoms with E-state index in [4.69, 9.17) is 5.26 Å². The average molecular weight is 179 g/mol. The van der Waals surface area contributed by atoms with Crippen LogP contribution in [0.25, 0.3) is 0 Å². The molecular weight excluding hydrogens is 166 g/mol. The van der Waals surface area contributed by atoms with Gasteiger partial charge < -0.3 is 10.2 Å². The Morgan fingerprint density at radius 3 is 3.00 bits per heavy atom. The molecule has 4 heteroatoms. The van der Waals surface area contributed by atoms with Crippen molar-refractivity contribution >= 4 is 5.91 Å². The maximum atomic E-state index is 11.4. The predicted octanol–water partition coefficient (Wildman–Crippen LogP) is 0.234. The molecule has 0 aromatic rings. The fraction of sp³-hybridized carbons (Fsp3) is 0.556. The lowest BCUT2D eigenvalue weighted by molar-refractivity contribution is -0.130. The third-order valence-electron chi connectivity index (χ3n) is 2.04. The number of hydrogen-bond donors (Lipinski definition) is 1. The van der Waals surface area contributed by atoms with E-state index >= 15 is 0 Å². The van der Waals surface area contributed by atoms with Crippen molar-refractivity contribution in [2.75, 3.05) is 14.1 Å². The molecule has 0 radical (unpaired) electrons. The lowest BCUT2D eigenvalue weighted by Crippen LogP contribution is -2.39. The van der Waals surface area contributed by atoms with E-state index < -0.39 is 0 Å². The normalized spacial score (nSPS) is 23.8. The third kappa shape index (κ3) is 2.22. The molecule has 1 amide bonds. The van der Waals surface area contributed by atoms with Gasteiger partial charge in [0.25, 0.3) is 0 Å². The van der Waals surface area contributed by atoms with Gasteiger partial charge in [-0.15, -0.1) is 0 Å². The largest absolute Gasteiger partial charge is 0.376 e. The highest BCUT2D eigenvalue weighted by molar-refractivity contribution is 5.82. The van der Waals surface area contributed by atoms with Crippen molar-refractivity contribution in [3.8, 4) is 6.07 Å². The molecule has 1 unspecified atom stereocenters. The van der Waals surface area contributed by atoms with Crippen LogP contribution in [0.2, 0.25) is 0 Å². The Labute approximate surface area is 77.8 Å². The lowest BCUT2D eigenvalue weighted by Gasteiger charge is -2.16. The van der Waals surface area contributed by atoms with Crippen molar-refractivity contribution in [2.24, 2.45) is 0 Å². The molecule has 4 nitrogen and oxygen atoms in total. The van der Waals surface area contributed by atoms with Gasteiger partial charge in [-0.3, -0.25) is 4.79 Å². The molecule has 0 saturated carbocycles. The molecule has 0 aromatic carbocycles. The number of nitrogens with zero attached hydrogens (tertiary/aromatic N) is 2. The first-order valence-corrected chi connectivity index (χ1v) is 4.21. The number of nitrogens with one attached hydrogen (secondary N) is 1. The van der Waals surface area contributed by atoms with E-state index in [-0.39, 0.29) is 11.9 Å². The van der Waals surface area contributed by atoms with Crippen LogP contribution < -0.4 is 5.32 Å². The number of hydrogen-bond acceptors (Lipinski definition) is 3. The zero-order valence-electron chi connectivity index (χ0n) is 7.87. The fourth-order valence-corrected chi connectivity index (χ4v) is 1.36. The minimum Gasteiger partial charge on any atom is -0.376 e. The van der Waals surface area contributed by atoms with Crippen LogP contribution in [0.4, 0.5) is 0 Å². The number of nitriles is 1. The van der Waals surface area contributed by atoms with Crippen molar-refractivity contribution in [1.82, 2.24) is 10.2 Å². The van der Waals surface area contributed by atoms with E-state index in [1.165, 1.54) is 6.08 Å². The molecule has 0 aromatic heterocycles. The molecule has 1 atom stereocenters. The number of amides is 1. The van der Waals surface area contributed by atoms with E-state index in [1.807, 2.05) is 6.07 Å². The highest BCUT2D eigenvalue weighted by Crippen LogP contribution is 2.16. The predicted molar refractivity (Wildman–Crippen MR) is 48.5 cm³/mol. The van der Waals surface area contributed by atoms with Gasteiger partial charge in [-0.05, 0) is 12.8 Å². The van der Waals surface area contributed by atoms with Crippen LogP contribution in [0.1, 0.15) is 12.8 Å². The third-order valence-corrected chi connectivity index (χ3v) is 2.04. The summed E-state index contributed by atoms with van der Waals surface area (Å²) in [5.41, 5.74) is 0.864. The Kier molecular flexibility index (Phi) is 2.91. The standard InChI is InChI=1S/C9H13N3O/c1-12(2)9(13)8-4-3-7(11-8)5-6-10/h5,8,11H,3-4H2,1-2H3/b7-5-. The zero-order chi connectivity index (χ0) is 9.84. The number of carbonyl (C=O) groups is 1. The van der Waals surface area contributed by atoms with Crippen LogP contribution in [0.3, 0.4) is 0 Å². The Balaban J connectivity index is 2.56. The molecule has 0 aliphatic carbocycles. The van der Waals surface area contributed by atoms with Crippen molar-refractivity contribution in [2.45, 2.75) is 18.9 Å². The van der Waals surface area contributed by atoms with Crippen molar-refractivity contribution < 1.29 is 4.79 Å². The molecule has 1 aliphatic heterocycles. The summed E-state index contributed by atoms with van der Waals surface area (Å²) in [5.74, 6) is 0.0707. The minimum atomic E-state index is -0.144. The first-order chi connectivity index (χ1) is 6.15. The maximum absolute atomic E-state index is 11.4. The number of likely N-dealkylation sites (N-methyl/N-ethyl adjacent to an activating group) is 1. The molecule has 1 heterocycles. The lowest BCUT2D eigenvalue weighted by atomic mass is 10.2. The quantitative estimate of drug-likeness (QED) is 0.586. The van der Waals surface area contributed by atoms with Gasteiger partial charge in [-0.1, -0.05) is 0 Å². The van der Waals surface area contributed by atoms with E-state index in [0.29, 0.717) is 0 Å². The summed E-state index contributed by atoms with van der Waals surface area (Å²) < 4.78 is 0. The SMILES string of the molecule is CN(C)C(=O)C1CC/C(=C/C#N)N1. The minimum absolute atomic E-state index is 0.0707. The molecule has 1 N–H and O–H groups in total. The molecule has 1 rings (SSSR count). The van der Waals surface area contributed by atoms with Gasteiger partial charge in [-0.2, -0.15) is 5.26 Å². The van der Waals surface area contributed by atoms with Gasteiger partial charge in [0.1, 0.15) is 6.04 Å². The van der Waals surface area contributed by atoms with E-state index in [0.717, 1.165) is 18.5 Å². The van der Waals surface area contributed by atoms with Crippen LogP contribution >= 0.6 is 0 Å². The van der Waals surface area contributed by atoms with E-state index in [9.17, 15) is 4.79 Å². The van der Waals surface area contributed by atoms with Gasteiger partial charge in [0.15, 0.2) is 0 Å². The molecule has 13 heavy (non-hydrogen) atoms. The number of allylic oxidation sites excluding steroid dienone is 2. The van der Waals surface area contributed by atoms with Crippen LogP contribution in [-0.2, 0) is 4.79 Å². The Hall–Kier alpha value is -1.50. The monoisotopic (exact) mass is 179 g/mol. The van der Waals surface area contributed by atoms with Gasteiger partial charge >= 0.3 is 0 Å². The summed E-state index contributed by atoms with van der Waals surface area (Å²) in [7, 11) is 3.46. The zero-order valence-corrected chi connectivity index (χ0v) is 7.87. The fourth-order valence-electron chi connectivity index (χ4n) is 1.36. The summed E-state index contributed by atoms with van der Waals surface area (Å²) in [5, 5.41) is 11.4. The van der Waals surface area contributed by atoms with Gasteiger partial charge in [0, 0.05) is 25.9 Å². The second kappa shape index (κ2) is 3.94. The van der Waals surface area contributed by atoms with Crippen molar-refractivity contribution in [1.29, 1.82) is 5.26 Å². The summed E-state index contributed by atoms with van der Waals surface area (Å²) >= 11 is 0. The summed E-state index contributed by atoms with van der Waals surface area (Å²) in [4.78, 5) is 13.0. The summed E-state index contributed by atoms with van der Waals surface area (Å²) in [6.45, 7) is 0.